The number of rotatable bonds is 8. The summed E-state index contributed by atoms with van der Waals surface area (Å²) in [5.41, 5.74) is 3.41. The topological polar surface area (TPSA) is 90.9 Å². The zero-order valence-electron chi connectivity index (χ0n) is 24.2. The van der Waals surface area contributed by atoms with Gasteiger partial charge in [0.15, 0.2) is 11.5 Å². The summed E-state index contributed by atoms with van der Waals surface area (Å²) in [5.74, 6) is 1.10. The number of nitriles is 1. The highest BCUT2D eigenvalue weighted by Gasteiger charge is 2.44. The van der Waals surface area contributed by atoms with Crippen LogP contribution >= 0.6 is 0 Å². The second-order valence-electron chi connectivity index (χ2n) is 12.0. The van der Waals surface area contributed by atoms with Crippen molar-refractivity contribution in [3.8, 4) is 11.8 Å². The van der Waals surface area contributed by atoms with E-state index in [1.54, 1.807) is 30.5 Å². The highest BCUT2D eigenvalue weighted by molar-refractivity contribution is 5.97. The number of likely N-dealkylation sites (tertiary alicyclic amines) is 1. The molecule has 8 nitrogen and oxygen atoms in total. The first-order chi connectivity index (χ1) is 21.0. The number of hydrogen-bond donors (Lipinski definition) is 0. The van der Waals surface area contributed by atoms with Crippen LogP contribution in [-0.4, -0.2) is 57.8 Å². The summed E-state index contributed by atoms with van der Waals surface area (Å²) in [4.78, 5) is 38.8. The molecular weight excluding hydrogens is 538 g/mol. The van der Waals surface area contributed by atoms with E-state index in [0.29, 0.717) is 34.8 Å². The summed E-state index contributed by atoms with van der Waals surface area (Å²) in [6.07, 6.45) is 7.50. The van der Waals surface area contributed by atoms with Crippen LogP contribution in [0.25, 0.3) is 4.85 Å². The van der Waals surface area contributed by atoms with Crippen molar-refractivity contribution in [2.24, 2.45) is 5.92 Å². The minimum atomic E-state index is -0.0199. The summed E-state index contributed by atoms with van der Waals surface area (Å²) in [7, 11) is 0. The van der Waals surface area contributed by atoms with Crippen LogP contribution in [0.3, 0.4) is 0 Å². The molecule has 3 saturated heterocycles. The molecule has 0 saturated carbocycles. The van der Waals surface area contributed by atoms with E-state index in [1.807, 2.05) is 41.3 Å². The van der Waals surface area contributed by atoms with Crippen LogP contribution in [0, 0.1) is 23.8 Å². The molecule has 0 aliphatic carbocycles. The van der Waals surface area contributed by atoms with Gasteiger partial charge in [0.25, 0.3) is 5.91 Å². The van der Waals surface area contributed by atoms with Crippen molar-refractivity contribution in [1.82, 2.24) is 14.8 Å². The first-order valence-electron chi connectivity index (χ1n) is 15.2. The van der Waals surface area contributed by atoms with Crippen molar-refractivity contribution >= 4 is 17.4 Å². The lowest BCUT2D eigenvalue weighted by Gasteiger charge is -2.39. The Morgan fingerprint density at radius 2 is 1.65 bits per heavy atom. The summed E-state index contributed by atoms with van der Waals surface area (Å²) < 4.78 is 6.21. The van der Waals surface area contributed by atoms with Crippen molar-refractivity contribution in [3.05, 3.63) is 101 Å². The molecule has 4 heterocycles. The summed E-state index contributed by atoms with van der Waals surface area (Å²) in [6, 6.07) is 20.8. The SMILES string of the molecule is [C-]#[N+]c1ccc(OC2CC3CCC(C2)N3C(=O)c2ccc(C(=O)CC3CCN(Cc4ccc(C#N)cc4)CC3)nc2)cc1. The Kier molecular flexibility index (Phi) is 8.49. The highest BCUT2D eigenvalue weighted by atomic mass is 16.5. The number of hydrogen-bond acceptors (Lipinski definition) is 6. The van der Waals surface area contributed by atoms with E-state index in [4.69, 9.17) is 16.6 Å². The van der Waals surface area contributed by atoms with Gasteiger partial charge in [-0.15, -0.1) is 0 Å². The fourth-order valence-electron chi connectivity index (χ4n) is 6.84. The number of amides is 1. The molecule has 1 amide bonds. The Balaban J connectivity index is 0.983. The molecule has 3 fully saturated rings. The first kappa shape index (κ1) is 28.6. The maximum Gasteiger partial charge on any atom is 0.255 e. The number of carbonyl (C=O) groups excluding carboxylic acids is 2. The molecule has 6 rings (SSSR count). The molecule has 2 atom stereocenters. The van der Waals surface area contributed by atoms with E-state index in [0.717, 1.165) is 63.9 Å². The van der Waals surface area contributed by atoms with Gasteiger partial charge in [-0.05, 0) is 86.7 Å². The third-order valence-electron chi connectivity index (χ3n) is 9.16. The number of fused-ring (bicyclic) bond motifs is 2. The summed E-state index contributed by atoms with van der Waals surface area (Å²) >= 11 is 0. The Bertz CT molecular complexity index is 1520. The molecule has 0 radical (unpaired) electrons. The molecule has 2 aromatic carbocycles. The number of benzene rings is 2. The monoisotopic (exact) mass is 573 g/mol. The lowest BCUT2D eigenvalue weighted by molar-refractivity contribution is 0.0358. The quantitative estimate of drug-likeness (QED) is 0.235. The molecule has 2 unspecified atom stereocenters. The van der Waals surface area contributed by atoms with E-state index >= 15 is 0 Å². The van der Waals surface area contributed by atoms with Gasteiger partial charge >= 0.3 is 0 Å². The second-order valence-corrected chi connectivity index (χ2v) is 12.0. The maximum absolute atomic E-state index is 13.5. The molecular formula is C35H35N5O3. The van der Waals surface area contributed by atoms with Crippen molar-refractivity contribution in [3.63, 3.8) is 0 Å². The van der Waals surface area contributed by atoms with Crippen LogP contribution in [0.15, 0.2) is 66.9 Å². The molecule has 3 aromatic rings. The third-order valence-corrected chi connectivity index (χ3v) is 9.16. The molecule has 43 heavy (non-hydrogen) atoms. The van der Waals surface area contributed by atoms with Gasteiger partial charge in [0, 0.05) is 44.1 Å². The zero-order valence-corrected chi connectivity index (χ0v) is 24.2. The number of ketones is 1. The standard InChI is InChI=1S/C35H35N5O3/c1-37-28-7-11-31(12-8-28)43-32-19-29-9-10-30(20-32)40(29)35(42)27-6-13-33(38-22-27)34(41)18-24-14-16-39(17-15-24)23-26-4-2-25(21-36)3-5-26/h2-8,11-13,22,24,29-30,32H,9-10,14-20,23H2. The number of Topliss-reactive ketones (excluding diaryl/α,β-unsaturated/α-hetero) is 1. The van der Waals surface area contributed by atoms with Crippen LogP contribution in [0.5, 0.6) is 5.75 Å². The highest BCUT2D eigenvalue weighted by Crippen LogP contribution is 2.38. The lowest BCUT2D eigenvalue weighted by Crippen LogP contribution is -2.49. The first-order valence-corrected chi connectivity index (χ1v) is 15.2. The molecule has 2 bridgehead atoms. The van der Waals surface area contributed by atoms with Crippen LogP contribution in [0.1, 0.15) is 76.9 Å². The average Bonchev–Trinajstić information content (AvgIpc) is 3.32. The van der Waals surface area contributed by atoms with Gasteiger partial charge in [-0.2, -0.15) is 5.26 Å². The molecule has 3 aliphatic rings. The molecule has 218 valence electrons. The van der Waals surface area contributed by atoms with E-state index < -0.39 is 0 Å². The number of ether oxygens (including phenoxy) is 1. The average molecular weight is 574 g/mol. The lowest BCUT2D eigenvalue weighted by atomic mass is 9.90. The number of aromatic nitrogens is 1. The van der Waals surface area contributed by atoms with Gasteiger partial charge in [0.2, 0.25) is 0 Å². The van der Waals surface area contributed by atoms with Crippen LogP contribution in [0.4, 0.5) is 5.69 Å². The number of piperidine rings is 2. The molecule has 1 aromatic heterocycles. The van der Waals surface area contributed by atoms with E-state index in [9.17, 15) is 9.59 Å². The smallest absolute Gasteiger partial charge is 0.255 e. The minimum absolute atomic E-state index is 0.0199. The Morgan fingerprint density at radius 3 is 2.26 bits per heavy atom. The van der Waals surface area contributed by atoms with Gasteiger partial charge < -0.3 is 9.64 Å². The summed E-state index contributed by atoms with van der Waals surface area (Å²) in [5, 5.41) is 8.99. The second kappa shape index (κ2) is 12.8. The zero-order chi connectivity index (χ0) is 29.8. The third kappa shape index (κ3) is 6.61. The Hall–Kier alpha value is -4.53. The maximum atomic E-state index is 13.5. The van der Waals surface area contributed by atoms with Gasteiger partial charge in [0.05, 0.1) is 23.8 Å². The largest absolute Gasteiger partial charge is 0.490 e. The predicted octanol–water partition coefficient (Wildman–Crippen LogP) is 6.20. The number of carbonyl (C=O) groups is 2. The van der Waals surface area contributed by atoms with Crippen molar-refractivity contribution in [2.75, 3.05) is 13.1 Å². The van der Waals surface area contributed by atoms with Crippen LogP contribution < -0.4 is 4.74 Å². The normalized spacial score (nSPS) is 22.0. The van der Waals surface area contributed by atoms with Crippen molar-refractivity contribution in [1.29, 1.82) is 5.26 Å². The molecule has 8 heteroatoms. The summed E-state index contributed by atoms with van der Waals surface area (Å²) in [6.45, 7) is 9.85. The van der Waals surface area contributed by atoms with Crippen molar-refractivity contribution in [2.45, 2.75) is 69.7 Å². The van der Waals surface area contributed by atoms with Gasteiger partial charge in [-0.1, -0.05) is 24.3 Å². The Labute approximate surface area is 252 Å². The van der Waals surface area contributed by atoms with Gasteiger partial charge in [-0.25, -0.2) is 4.85 Å². The molecule has 0 N–H and O–H groups in total. The van der Waals surface area contributed by atoms with Crippen LogP contribution in [0.2, 0.25) is 0 Å². The van der Waals surface area contributed by atoms with Gasteiger partial charge in [0.1, 0.15) is 17.5 Å². The Morgan fingerprint density at radius 1 is 0.953 bits per heavy atom. The number of pyridine rings is 1. The predicted molar refractivity (Wildman–Crippen MR) is 162 cm³/mol. The molecule has 3 aliphatic heterocycles. The van der Waals surface area contributed by atoms with Crippen LogP contribution in [-0.2, 0) is 6.54 Å². The van der Waals surface area contributed by atoms with E-state index in [2.05, 4.69) is 20.8 Å². The van der Waals surface area contributed by atoms with Crippen molar-refractivity contribution < 1.29 is 14.3 Å². The van der Waals surface area contributed by atoms with Gasteiger partial charge in [-0.3, -0.25) is 19.5 Å². The fraction of sp³-hybridized carbons (Fsp3) is 0.400. The van der Waals surface area contributed by atoms with E-state index in [-0.39, 0.29) is 29.9 Å². The fourth-order valence-corrected chi connectivity index (χ4v) is 6.84. The number of nitrogens with zero attached hydrogens (tertiary/aromatic N) is 5. The van der Waals surface area contributed by atoms with E-state index in [1.165, 1.54) is 5.56 Å². The molecule has 0 spiro atoms. The minimum Gasteiger partial charge on any atom is -0.490 e.